The normalized spacial score (nSPS) is 15.8. The molecule has 140 valence electrons. The van der Waals surface area contributed by atoms with Gasteiger partial charge in [-0.05, 0) is 68.3 Å². The number of fused-ring (bicyclic) bond motifs is 3. The predicted octanol–water partition coefficient (Wildman–Crippen LogP) is 6.30. The van der Waals surface area contributed by atoms with E-state index in [0.29, 0.717) is 10.0 Å². The first-order chi connectivity index (χ1) is 12.9. The molecule has 0 fully saturated rings. The summed E-state index contributed by atoms with van der Waals surface area (Å²) in [5, 5.41) is 2.73. The van der Waals surface area contributed by atoms with Gasteiger partial charge in [-0.2, -0.15) is 0 Å². The molecule has 1 aromatic heterocycles. The van der Waals surface area contributed by atoms with Gasteiger partial charge in [-0.1, -0.05) is 40.9 Å². The first-order valence-electron chi connectivity index (χ1n) is 9.38. The Hall–Kier alpha value is -1.74. The molecule has 0 atom stereocenters. The molecular weight excluding hydrogens is 375 g/mol. The van der Waals surface area contributed by atoms with Gasteiger partial charge >= 0.3 is 0 Å². The highest BCUT2D eigenvalue weighted by Gasteiger charge is 2.20. The minimum atomic E-state index is 0.662. The minimum absolute atomic E-state index is 0.662. The minimum Gasteiger partial charge on any atom is -0.320 e. The van der Waals surface area contributed by atoms with Crippen molar-refractivity contribution < 1.29 is 0 Å². The standard InChI is InChI=1S/C23H24Cl2N2/c1-15-4-7-22-20(12-15)19-8-10-26(3)11-9-23(19)27(22)14-16(2)18-6-5-17(24)13-21(18)25/h4-7,12-14H,8-11H2,1-3H3. The second-order valence-corrected chi connectivity index (χ2v) is 8.40. The van der Waals surface area contributed by atoms with E-state index in [0.717, 1.165) is 37.1 Å². The Balaban J connectivity index is 1.90. The van der Waals surface area contributed by atoms with Crippen molar-refractivity contribution in [1.29, 1.82) is 0 Å². The van der Waals surface area contributed by atoms with E-state index < -0.39 is 0 Å². The van der Waals surface area contributed by atoms with Crippen molar-refractivity contribution in [1.82, 2.24) is 9.47 Å². The van der Waals surface area contributed by atoms with Crippen molar-refractivity contribution in [3.63, 3.8) is 0 Å². The molecule has 4 rings (SSSR count). The molecule has 0 saturated carbocycles. The third kappa shape index (κ3) is 3.54. The van der Waals surface area contributed by atoms with Crippen LogP contribution in [0.2, 0.25) is 10.0 Å². The predicted molar refractivity (Wildman–Crippen MR) is 118 cm³/mol. The van der Waals surface area contributed by atoms with Gasteiger partial charge < -0.3 is 9.47 Å². The number of aryl methyl sites for hydroxylation is 1. The van der Waals surface area contributed by atoms with Crippen LogP contribution in [0.25, 0.3) is 22.7 Å². The second kappa shape index (κ2) is 7.35. The molecule has 2 heterocycles. The quantitative estimate of drug-likeness (QED) is 0.491. The lowest BCUT2D eigenvalue weighted by Gasteiger charge is -2.13. The van der Waals surface area contributed by atoms with Gasteiger partial charge in [-0.25, -0.2) is 0 Å². The largest absolute Gasteiger partial charge is 0.320 e. The van der Waals surface area contributed by atoms with Gasteiger partial charge in [0.15, 0.2) is 0 Å². The average molecular weight is 399 g/mol. The number of benzene rings is 2. The topological polar surface area (TPSA) is 8.17 Å². The maximum absolute atomic E-state index is 6.45. The summed E-state index contributed by atoms with van der Waals surface area (Å²) < 4.78 is 2.38. The number of nitrogens with zero attached hydrogens (tertiary/aromatic N) is 2. The van der Waals surface area contributed by atoms with E-state index in [9.17, 15) is 0 Å². The van der Waals surface area contributed by atoms with Crippen molar-refractivity contribution in [3.05, 3.63) is 68.8 Å². The Bertz CT molecular complexity index is 1050. The lowest BCUT2D eigenvalue weighted by Crippen LogP contribution is -2.21. The third-order valence-electron chi connectivity index (χ3n) is 5.53. The van der Waals surface area contributed by atoms with Crippen molar-refractivity contribution in [2.75, 3.05) is 20.1 Å². The highest BCUT2D eigenvalue weighted by molar-refractivity contribution is 6.35. The summed E-state index contributed by atoms with van der Waals surface area (Å²) in [5.41, 5.74) is 7.65. The van der Waals surface area contributed by atoms with Crippen molar-refractivity contribution in [2.24, 2.45) is 0 Å². The Kier molecular flexibility index (Phi) is 5.07. The average Bonchev–Trinajstić information content (AvgIpc) is 2.75. The maximum Gasteiger partial charge on any atom is 0.0528 e. The van der Waals surface area contributed by atoms with Crippen LogP contribution in [0.5, 0.6) is 0 Å². The fourth-order valence-electron chi connectivity index (χ4n) is 4.03. The van der Waals surface area contributed by atoms with E-state index in [-0.39, 0.29) is 0 Å². The van der Waals surface area contributed by atoms with Crippen LogP contribution in [0.15, 0.2) is 36.4 Å². The summed E-state index contributed by atoms with van der Waals surface area (Å²) in [5.74, 6) is 0. The van der Waals surface area contributed by atoms with Gasteiger partial charge in [-0.15, -0.1) is 0 Å². The number of likely N-dealkylation sites (N-methyl/N-ethyl adjacent to an activating group) is 1. The highest BCUT2D eigenvalue weighted by Crippen LogP contribution is 2.33. The molecule has 0 N–H and O–H groups in total. The maximum atomic E-state index is 6.45. The van der Waals surface area contributed by atoms with Crippen LogP contribution in [0, 0.1) is 6.92 Å². The number of hydrogen-bond donors (Lipinski definition) is 0. The fourth-order valence-corrected chi connectivity index (χ4v) is 4.59. The van der Waals surface area contributed by atoms with Gasteiger partial charge in [-0.3, -0.25) is 0 Å². The zero-order valence-corrected chi connectivity index (χ0v) is 17.5. The van der Waals surface area contributed by atoms with E-state index in [2.05, 4.69) is 54.8 Å². The van der Waals surface area contributed by atoms with Gasteiger partial charge in [0.05, 0.1) is 5.52 Å². The fraction of sp³-hybridized carbons (Fsp3) is 0.304. The van der Waals surface area contributed by atoms with Crippen molar-refractivity contribution in [2.45, 2.75) is 26.7 Å². The van der Waals surface area contributed by atoms with Gasteiger partial charge in [0.1, 0.15) is 0 Å². The number of aromatic nitrogens is 1. The zero-order valence-electron chi connectivity index (χ0n) is 16.0. The van der Waals surface area contributed by atoms with E-state index in [1.165, 1.54) is 27.7 Å². The summed E-state index contributed by atoms with van der Waals surface area (Å²) in [6.45, 7) is 6.47. The van der Waals surface area contributed by atoms with Crippen LogP contribution in [0.4, 0.5) is 0 Å². The highest BCUT2D eigenvalue weighted by atomic mass is 35.5. The van der Waals surface area contributed by atoms with Gasteiger partial charge in [0, 0.05) is 46.8 Å². The van der Waals surface area contributed by atoms with Crippen LogP contribution in [0.1, 0.15) is 29.3 Å². The van der Waals surface area contributed by atoms with Crippen LogP contribution >= 0.6 is 23.2 Å². The second-order valence-electron chi connectivity index (χ2n) is 7.56. The monoisotopic (exact) mass is 398 g/mol. The molecule has 2 aromatic carbocycles. The van der Waals surface area contributed by atoms with Crippen LogP contribution in [0.3, 0.4) is 0 Å². The summed E-state index contributed by atoms with van der Waals surface area (Å²) in [7, 11) is 2.21. The number of hydrogen-bond acceptors (Lipinski definition) is 1. The number of allylic oxidation sites excluding steroid dienone is 1. The first kappa shape index (κ1) is 18.6. The molecule has 1 aliphatic rings. The Morgan fingerprint density at radius 3 is 2.59 bits per heavy atom. The van der Waals surface area contributed by atoms with Gasteiger partial charge in [0.2, 0.25) is 0 Å². The molecule has 27 heavy (non-hydrogen) atoms. The van der Waals surface area contributed by atoms with E-state index in [1.54, 1.807) is 0 Å². The summed E-state index contributed by atoms with van der Waals surface area (Å²) in [6, 6.07) is 12.5. The zero-order chi connectivity index (χ0) is 19.1. The van der Waals surface area contributed by atoms with E-state index in [4.69, 9.17) is 23.2 Å². The molecule has 0 radical (unpaired) electrons. The Labute approximate surface area is 171 Å². The summed E-state index contributed by atoms with van der Waals surface area (Å²) in [6.07, 6.45) is 4.38. The molecule has 4 heteroatoms. The number of rotatable bonds is 2. The van der Waals surface area contributed by atoms with Crippen molar-refractivity contribution in [3.8, 4) is 0 Å². The third-order valence-corrected chi connectivity index (χ3v) is 6.08. The molecule has 0 aliphatic carbocycles. The van der Waals surface area contributed by atoms with E-state index in [1.807, 2.05) is 18.2 Å². The molecule has 0 unspecified atom stereocenters. The van der Waals surface area contributed by atoms with E-state index >= 15 is 0 Å². The van der Waals surface area contributed by atoms with Crippen LogP contribution in [-0.4, -0.2) is 29.6 Å². The van der Waals surface area contributed by atoms with Crippen LogP contribution < -0.4 is 0 Å². The Morgan fingerprint density at radius 1 is 1.04 bits per heavy atom. The molecule has 2 nitrogen and oxygen atoms in total. The summed E-state index contributed by atoms with van der Waals surface area (Å²) in [4.78, 5) is 2.42. The van der Waals surface area contributed by atoms with Gasteiger partial charge in [0.25, 0.3) is 0 Å². The smallest absolute Gasteiger partial charge is 0.0528 e. The first-order valence-corrected chi connectivity index (χ1v) is 10.1. The molecule has 0 spiro atoms. The lowest BCUT2D eigenvalue weighted by molar-refractivity contribution is 0.351. The van der Waals surface area contributed by atoms with Crippen LogP contribution in [-0.2, 0) is 12.8 Å². The summed E-state index contributed by atoms with van der Waals surface area (Å²) >= 11 is 12.5. The molecule has 0 amide bonds. The number of halogens is 2. The van der Waals surface area contributed by atoms with Crippen molar-refractivity contribution >= 4 is 45.9 Å². The molecule has 0 saturated heterocycles. The Morgan fingerprint density at radius 2 is 1.81 bits per heavy atom. The lowest BCUT2D eigenvalue weighted by atomic mass is 10.1. The molecule has 0 bridgehead atoms. The SMILES string of the molecule is CC(=Cn1c2c(c3cc(C)ccc31)CCN(C)CC2)c1ccc(Cl)cc1Cl. The molecule has 3 aromatic rings. The molecular formula is C23H24Cl2N2. The molecule has 1 aliphatic heterocycles.